The summed E-state index contributed by atoms with van der Waals surface area (Å²) in [6.45, 7) is 3.14. The summed E-state index contributed by atoms with van der Waals surface area (Å²) in [6.07, 6.45) is 11.4. The molecular formula is C23H26N6O3. The maximum absolute atomic E-state index is 12.4. The zero-order valence-corrected chi connectivity index (χ0v) is 17.8. The Hall–Kier alpha value is -3.33. The number of amides is 1. The molecule has 1 saturated carbocycles. The highest BCUT2D eigenvalue weighted by atomic mass is 16.5. The van der Waals surface area contributed by atoms with Gasteiger partial charge in [-0.1, -0.05) is 0 Å². The number of carbonyl (C=O) groups is 1. The Balaban J connectivity index is 1.25. The number of nitrogens with one attached hydrogen (secondary N) is 1. The minimum absolute atomic E-state index is 0.0772. The van der Waals surface area contributed by atoms with Gasteiger partial charge in [0.15, 0.2) is 0 Å². The smallest absolute Gasteiger partial charge is 0.254 e. The molecule has 166 valence electrons. The van der Waals surface area contributed by atoms with Gasteiger partial charge in [-0.05, 0) is 31.7 Å². The number of benzene rings is 1. The van der Waals surface area contributed by atoms with Crippen molar-refractivity contribution in [3.8, 4) is 5.75 Å². The van der Waals surface area contributed by atoms with Gasteiger partial charge in [0.05, 0.1) is 30.4 Å². The standard InChI is InChI=1S/C23H26N6O3/c30-23(16-13-24-15-25-14-16)28-17-1-3-19(4-2-17)32-21-12-18(29-7-9-31-10-8-29)11-20-22(21)27-6-5-26-20/h5-6,11-15,17,19H,1-4,7-10H2,(H,28,30)/t17-,19+. The molecule has 9 heteroatoms. The van der Waals surface area contributed by atoms with Crippen LogP contribution in [0.15, 0.2) is 43.2 Å². The Morgan fingerprint density at radius 1 is 1.03 bits per heavy atom. The van der Waals surface area contributed by atoms with Crippen LogP contribution in [-0.2, 0) is 4.74 Å². The molecule has 0 spiro atoms. The molecule has 1 aromatic carbocycles. The van der Waals surface area contributed by atoms with Crippen LogP contribution in [-0.4, -0.2) is 64.3 Å². The number of rotatable bonds is 5. The molecule has 2 fully saturated rings. The molecule has 0 unspecified atom stereocenters. The lowest BCUT2D eigenvalue weighted by Crippen LogP contribution is -2.39. The van der Waals surface area contributed by atoms with E-state index in [-0.39, 0.29) is 18.1 Å². The van der Waals surface area contributed by atoms with Crippen LogP contribution in [0.25, 0.3) is 11.0 Å². The summed E-state index contributed by atoms with van der Waals surface area (Å²) in [5.74, 6) is 0.639. The number of aromatic nitrogens is 4. The van der Waals surface area contributed by atoms with Gasteiger partial charge in [-0.2, -0.15) is 0 Å². The first-order chi connectivity index (χ1) is 15.8. The molecule has 0 bridgehead atoms. The molecule has 1 aliphatic heterocycles. The molecule has 1 aliphatic carbocycles. The predicted octanol–water partition coefficient (Wildman–Crippen LogP) is 2.38. The minimum atomic E-state index is -0.130. The highest BCUT2D eigenvalue weighted by Gasteiger charge is 2.25. The second-order valence-corrected chi connectivity index (χ2v) is 8.16. The summed E-state index contributed by atoms with van der Waals surface area (Å²) < 4.78 is 11.9. The van der Waals surface area contributed by atoms with E-state index >= 15 is 0 Å². The van der Waals surface area contributed by atoms with E-state index in [1.54, 1.807) is 12.4 Å². The first-order valence-corrected chi connectivity index (χ1v) is 11.1. The third kappa shape index (κ3) is 4.62. The SMILES string of the molecule is O=C(N[C@H]1CC[C@@H](Oc2cc(N3CCOCC3)cc3nccnc23)CC1)c1cncnc1. The minimum Gasteiger partial charge on any atom is -0.488 e. The van der Waals surface area contributed by atoms with Crippen molar-refractivity contribution in [1.29, 1.82) is 0 Å². The zero-order chi connectivity index (χ0) is 21.8. The van der Waals surface area contributed by atoms with Crippen LogP contribution >= 0.6 is 0 Å². The van der Waals surface area contributed by atoms with Gasteiger partial charge in [0, 0.05) is 55.7 Å². The summed E-state index contributed by atoms with van der Waals surface area (Å²) in [6, 6.07) is 4.27. The van der Waals surface area contributed by atoms with Crippen LogP contribution in [0.3, 0.4) is 0 Å². The van der Waals surface area contributed by atoms with Crippen molar-refractivity contribution >= 4 is 22.6 Å². The Morgan fingerprint density at radius 3 is 2.56 bits per heavy atom. The van der Waals surface area contributed by atoms with E-state index in [0.717, 1.165) is 74.5 Å². The highest BCUT2D eigenvalue weighted by molar-refractivity contribution is 5.93. The van der Waals surface area contributed by atoms with Gasteiger partial charge in [0.25, 0.3) is 5.91 Å². The van der Waals surface area contributed by atoms with Gasteiger partial charge < -0.3 is 19.7 Å². The number of hydrogen-bond donors (Lipinski definition) is 1. The van der Waals surface area contributed by atoms with Crippen molar-refractivity contribution < 1.29 is 14.3 Å². The first kappa shape index (κ1) is 20.6. The lowest BCUT2D eigenvalue weighted by molar-refractivity contribution is 0.0894. The van der Waals surface area contributed by atoms with Gasteiger partial charge in [0.1, 0.15) is 17.6 Å². The predicted molar refractivity (Wildman–Crippen MR) is 119 cm³/mol. The van der Waals surface area contributed by atoms with Crippen LogP contribution < -0.4 is 15.0 Å². The average molecular weight is 435 g/mol. The summed E-state index contributed by atoms with van der Waals surface area (Å²) in [7, 11) is 0. The zero-order valence-electron chi connectivity index (χ0n) is 17.8. The lowest BCUT2D eigenvalue weighted by Gasteiger charge is -2.31. The Bertz CT molecular complexity index is 1070. The van der Waals surface area contributed by atoms with Crippen molar-refractivity contribution in [3.05, 3.63) is 48.8 Å². The summed E-state index contributed by atoms with van der Waals surface area (Å²) >= 11 is 0. The first-order valence-electron chi connectivity index (χ1n) is 11.1. The maximum Gasteiger partial charge on any atom is 0.254 e. The Labute approximate surface area is 186 Å². The highest BCUT2D eigenvalue weighted by Crippen LogP contribution is 2.33. The van der Waals surface area contributed by atoms with E-state index < -0.39 is 0 Å². The van der Waals surface area contributed by atoms with Crippen LogP contribution in [0, 0.1) is 0 Å². The van der Waals surface area contributed by atoms with Gasteiger partial charge in [0.2, 0.25) is 0 Å². The fourth-order valence-corrected chi connectivity index (χ4v) is 4.31. The Kier molecular flexibility index (Phi) is 6.06. The molecule has 1 N–H and O–H groups in total. The third-order valence-electron chi connectivity index (χ3n) is 6.03. The van der Waals surface area contributed by atoms with Crippen molar-refractivity contribution in [3.63, 3.8) is 0 Å². The third-order valence-corrected chi connectivity index (χ3v) is 6.03. The molecule has 5 rings (SSSR count). The average Bonchev–Trinajstić information content (AvgIpc) is 2.86. The fraction of sp³-hybridized carbons (Fsp3) is 0.435. The topological polar surface area (TPSA) is 102 Å². The van der Waals surface area contributed by atoms with Crippen molar-refractivity contribution in [2.45, 2.75) is 37.8 Å². The molecule has 2 aliphatic rings. The molecular weight excluding hydrogens is 408 g/mol. The monoisotopic (exact) mass is 434 g/mol. The van der Waals surface area contributed by atoms with E-state index in [1.807, 2.05) is 0 Å². The number of ether oxygens (including phenoxy) is 2. The van der Waals surface area contributed by atoms with Crippen molar-refractivity contribution in [2.75, 3.05) is 31.2 Å². The van der Waals surface area contributed by atoms with Crippen molar-refractivity contribution in [1.82, 2.24) is 25.3 Å². The summed E-state index contributed by atoms with van der Waals surface area (Å²) in [5, 5.41) is 3.09. The quantitative estimate of drug-likeness (QED) is 0.653. The number of morpholine rings is 1. The van der Waals surface area contributed by atoms with E-state index in [1.165, 1.54) is 18.7 Å². The molecule has 3 aromatic rings. The van der Waals surface area contributed by atoms with Crippen LogP contribution in [0.4, 0.5) is 5.69 Å². The van der Waals surface area contributed by atoms with Gasteiger partial charge in [-0.3, -0.25) is 9.78 Å². The maximum atomic E-state index is 12.4. The number of anilines is 1. The van der Waals surface area contributed by atoms with E-state index in [0.29, 0.717) is 5.56 Å². The van der Waals surface area contributed by atoms with Gasteiger partial charge in [-0.25, -0.2) is 15.0 Å². The second kappa shape index (κ2) is 9.44. The van der Waals surface area contributed by atoms with E-state index in [9.17, 15) is 4.79 Å². The van der Waals surface area contributed by atoms with Gasteiger partial charge >= 0.3 is 0 Å². The molecule has 3 heterocycles. The Morgan fingerprint density at radius 2 is 1.78 bits per heavy atom. The molecule has 0 radical (unpaired) electrons. The second-order valence-electron chi connectivity index (χ2n) is 8.16. The summed E-state index contributed by atoms with van der Waals surface area (Å²) in [4.78, 5) is 31.5. The van der Waals surface area contributed by atoms with Crippen molar-refractivity contribution in [2.24, 2.45) is 0 Å². The molecule has 0 atom stereocenters. The van der Waals surface area contributed by atoms with E-state index in [4.69, 9.17) is 9.47 Å². The molecule has 9 nitrogen and oxygen atoms in total. The molecule has 1 amide bonds. The van der Waals surface area contributed by atoms with Crippen LogP contribution in [0.1, 0.15) is 36.0 Å². The van der Waals surface area contributed by atoms with E-state index in [2.05, 4.69) is 42.3 Å². The number of hydrogen-bond acceptors (Lipinski definition) is 8. The van der Waals surface area contributed by atoms with Gasteiger partial charge in [-0.15, -0.1) is 0 Å². The molecule has 32 heavy (non-hydrogen) atoms. The fourth-order valence-electron chi connectivity index (χ4n) is 4.31. The largest absolute Gasteiger partial charge is 0.488 e. The lowest BCUT2D eigenvalue weighted by atomic mass is 9.92. The van der Waals surface area contributed by atoms with Crippen LogP contribution in [0.5, 0.6) is 5.75 Å². The number of carbonyl (C=O) groups excluding carboxylic acids is 1. The normalized spacial score (nSPS) is 21.3. The molecule has 1 saturated heterocycles. The number of fused-ring (bicyclic) bond motifs is 1. The summed E-state index contributed by atoms with van der Waals surface area (Å²) in [5.41, 5.74) is 3.18. The van der Waals surface area contributed by atoms with Crippen LogP contribution in [0.2, 0.25) is 0 Å². The number of nitrogens with zero attached hydrogens (tertiary/aromatic N) is 5. The molecule has 2 aromatic heterocycles.